The second kappa shape index (κ2) is 5.39. The number of fused-ring (bicyclic) bond motifs is 9. The smallest absolute Gasteiger partial charge is 0.312 e. The summed E-state index contributed by atoms with van der Waals surface area (Å²) in [6.07, 6.45) is 1.75. The second-order valence-electron chi connectivity index (χ2n) is 7.32. The zero-order valence-electron chi connectivity index (χ0n) is 14.0. The molecule has 5 rings (SSSR count). The van der Waals surface area contributed by atoms with Gasteiger partial charge in [-0.2, -0.15) is 0 Å². The van der Waals surface area contributed by atoms with Gasteiger partial charge in [0, 0.05) is 34.0 Å². The van der Waals surface area contributed by atoms with Gasteiger partial charge in [-0.3, -0.25) is 4.79 Å². The van der Waals surface area contributed by atoms with Crippen LogP contribution in [0.25, 0.3) is 0 Å². The third kappa shape index (κ3) is 2.21. The molecule has 4 bridgehead atoms. The summed E-state index contributed by atoms with van der Waals surface area (Å²) in [5, 5.41) is 0. The third-order valence-electron chi connectivity index (χ3n) is 5.84. The summed E-state index contributed by atoms with van der Waals surface area (Å²) < 4.78 is 29.5. The SMILES string of the molecule is COc1cc2c(c3c1[C@@H]1C[C@@H](C(=O)O1)[C@H]1C[C@@H](I)[C@@](C)(C3)O1)OCO2. The molecular weight excluding hydrogens is 439 g/mol. The molecule has 2 fully saturated rings. The van der Waals surface area contributed by atoms with Gasteiger partial charge in [-0.05, 0) is 13.3 Å². The lowest BCUT2D eigenvalue weighted by Crippen LogP contribution is -2.36. The topological polar surface area (TPSA) is 63.2 Å². The highest BCUT2D eigenvalue weighted by molar-refractivity contribution is 14.1. The van der Waals surface area contributed by atoms with E-state index in [1.165, 1.54) is 0 Å². The van der Waals surface area contributed by atoms with Gasteiger partial charge in [-0.1, -0.05) is 22.6 Å². The molecule has 0 radical (unpaired) electrons. The Morgan fingerprint density at radius 2 is 2.16 bits per heavy atom. The highest BCUT2D eigenvalue weighted by Crippen LogP contribution is 2.54. The van der Waals surface area contributed by atoms with E-state index in [1.54, 1.807) is 7.11 Å². The quantitative estimate of drug-likeness (QED) is 0.367. The molecule has 5 atom stereocenters. The summed E-state index contributed by atoms with van der Waals surface area (Å²) >= 11 is 2.44. The van der Waals surface area contributed by atoms with Crippen molar-refractivity contribution in [3.63, 3.8) is 0 Å². The molecule has 134 valence electrons. The number of carbonyl (C=O) groups excluding carboxylic acids is 1. The lowest BCUT2D eigenvalue weighted by Gasteiger charge is -2.30. The number of hydrogen-bond donors (Lipinski definition) is 0. The number of benzene rings is 1. The Bertz CT molecular complexity index is 764. The maximum absolute atomic E-state index is 12.5. The van der Waals surface area contributed by atoms with Gasteiger partial charge in [0.25, 0.3) is 0 Å². The van der Waals surface area contributed by atoms with Crippen LogP contribution in [-0.2, 0) is 20.7 Å². The summed E-state index contributed by atoms with van der Waals surface area (Å²) in [5.41, 5.74) is 1.53. The van der Waals surface area contributed by atoms with Crippen molar-refractivity contribution in [1.82, 2.24) is 0 Å². The summed E-state index contributed by atoms with van der Waals surface area (Å²) in [4.78, 5) is 12.5. The van der Waals surface area contributed by atoms with Crippen LogP contribution in [0.4, 0.5) is 0 Å². The number of esters is 1. The third-order valence-corrected chi connectivity index (χ3v) is 7.66. The predicted molar refractivity (Wildman–Crippen MR) is 95.5 cm³/mol. The Labute approximate surface area is 159 Å². The van der Waals surface area contributed by atoms with Crippen molar-refractivity contribution in [3.8, 4) is 17.2 Å². The minimum absolute atomic E-state index is 0.0880. The first-order chi connectivity index (χ1) is 12.0. The van der Waals surface area contributed by atoms with E-state index < -0.39 is 0 Å². The van der Waals surface area contributed by atoms with Crippen LogP contribution in [0.3, 0.4) is 0 Å². The molecule has 0 saturated carbocycles. The molecule has 0 spiro atoms. The van der Waals surface area contributed by atoms with Crippen molar-refractivity contribution >= 4 is 28.6 Å². The van der Waals surface area contributed by atoms with Crippen LogP contribution in [0.15, 0.2) is 6.07 Å². The number of carbonyl (C=O) groups is 1. The molecule has 4 heterocycles. The minimum atomic E-state index is -0.364. The van der Waals surface area contributed by atoms with Crippen molar-refractivity contribution in [2.24, 2.45) is 5.92 Å². The summed E-state index contributed by atoms with van der Waals surface area (Å²) in [7, 11) is 1.63. The summed E-state index contributed by atoms with van der Waals surface area (Å²) in [5.74, 6) is 1.71. The van der Waals surface area contributed by atoms with Gasteiger partial charge in [0.2, 0.25) is 6.79 Å². The van der Waals surface area contributed by atoms with E-state index in [1.807, 2.05) is 6.07 Å². The van der Waals surface area contributed by atoms with Crippen molar-refractivity contribution in [2.75, 3.05) is 13.9 Å². The van der Waals surface area contributed by atoms with Crippen molar-refractivity contribution in [3.05, 3.63) is 17.2 Å². The molecule has 0 unspecified atom stereocenters. The zero-order valence-corrected chi connectivity index (χ0v) is 16.2. The van der Waals surface area contributed by atoms with E-state index in [-0.39, 0.29) is 36.5 Å². The van der Waals surface area contributed by atoms with Gasteiger partial charge < -0.3 is 23.7 Å². The monoisotopic (exact) mass is 458 g/mol. The molecule has 0 aromatic heterocycles. The Kier molecular flexibility index (Phi) is 3.45. The molecule has 1 aromatic rings. The Morgan fingerprint density at radius 1 is 1.32 bits per heavy atom. The van der Waals surface area contributed by atoms with Gasteiger partial charge in [-0.15, -0.1) is 0 Å². The molecule has 4 aliphatic heterocycles. The molecule has 25 heavy (non-hydrogen) atoms. The van der Waals surface area contributed by atoms with Gasteiger partial charge in [0.05, 0.1) is 24.7 Å². The number of methoxy groups -OCH3 is 1. The molecule has 4 aliphatic rings. The number of hydrogen-bond acceptors (Lipinski definition) is 6. The van der Waals surface area contributed by atoms with Crippen LogP contribution >= 0.6 is 22.6 Å². The van der Waals surface area contributed by atoms with Crippen LogP contribution in [0, 0.1) is 5.92 Å². The van der Waals surface area contributed by atoms with E-state index in [0.29, 0.717) is 28.3 Å². The molecule has 2 saturated heterocycles. The van der Waals surface area contributed by atoms with E-state index in [4.69, 9.17) is 23.7 Å². The predicted octanol–water partition coefficient (Wildman–Crippen LogP) is 2.94. The highest BCUT2D eigenvalue weighted by Gasteiger charge is 2.54. The van der Waals surface area contributed by atoms with Crippen molar-refractivity contribution < 1.29 is 28.5 Å². The van der Waals surface area contributed by atoms with E-state index in [0.717, 1.165) is 23.3 Å². The Morgan fingerprint density at radius 3 is 2.96 bits per heavy atom. The number of alkyl halides is 1. The van der Waals surface area contributed by atoms with E-state index in [9.17, 15) is 4.79 Å². The van der Waals surface area contributed by atoms with Crippen molar-refractivity contribution in [1.29, 1.82) is 0 Å². The largest absolute Gasteiger partial charge is 0.496 e. The van der Waals surface area contributed by atoms with Gasteiger partial charge in [0.15, 0.2) is 11.5 Å². The Balaban J connectivity index is 1.75. The highest BCUT2D eigenvalue weighted by atomic mass is 127. The molecule has 0 N–H and O–H groups in total. The van der Waals surface area contributed by atoms with Crippen LogP contribution in [0.5, 0.6) is 17.2 Å². The average molecular weight is 458 g/mol. The fourth-order valence-electron chi connectivity index (χ4n) is 4.55. The maximum Gasteiger partial charge on any atom is 0.312 e. The summed E-state index contributed by atoms with van der Waals surface area (Å²) in [6.45, 7) is 2.32. The number of rotatable bonds is 1. The minimum Gasteiger partial charge on any atom is -0.496 e. The standard InChI is InChI=1S/C18H19IO6/c1-18-6-9-15(11(21-2)4-13-16(9)23-7-22-13)12-3-8(17(20)24-12)10(25-18)5-14(18)19/h4,8,10,12,14H,3,5-7H2,1-2H3/t8-,10-,12+,14-,18-/m1/s1. The normalized spacial score (nSPS) is 37.8. The van der Waals surface area contributed by atoms with Crippen LogP contribution in [-0.4, -0.2) is 35.5 Å². The molecule has 6 nitrogen and oxygen atoms in total. The fourth-order valence-corrected chi connectivity index (χ4v) is 5.42. The lowest BCUT2D eigenvalue weighted by atomic mass is 9.84. The van der Waals surface area contributed by atoms with Crippen molar-refractivity contribution in [2.45, 2.75) is 47.9 Å². The molecular formula is C18H19IO6. The lowest BCUT2D eigenvalue weighted by molar-refractivity contribution is -0.149. The molecule has 1 aromatic carbocycles. The van der Waals surface area contributed by atoms with Crippen LogP contribution in [0.2, 0.25) is 0 Å². The number of halogens is 1. The van der Waals surface area contributed by atoms with Gasteiger partial charge >= 0.3 is 5.97 Å². The Hall–Kier alpha value is -1.22. The van der Waals surface area contributed by atoms with E-state index >= 15 is 0 Å². The molecule has 0 amide bonds. The maximum atomic E-state index is 12.5. The fraction of sp³-hybridized carbons (Fsp3) is 0.611. The first-order valence-electron chi connectivity index (χ1n) is 8.52. The summed E-state index contributed by atoms with van der Waals surface area (Å²) in [6, 6.07) is 1.84. The van der Waals surface area contributed by atoms with Gasteiger partial charge in [0.1, 0.15) is 11.9 Å². The number of ether oxygens (including phenoxy) is 5. The molecule has 0 aliphatic carbocycles. The second-order valence-corrected chi connectivity index (χ2v) is 8.83. The average Bonchev–Trinajstić information content (AvgIpc) is 3.25. The first kappa shape index (κ1) is 16.0. The van der Waals surface area contributed by atoms with Crippen LogP contribution < -0.4 is 14.2 Å². The van der Waals surface area contributed by atoms with Gasteiger partial charge in [-0.25, -0.2) is 0 Å². The molecule has 7 heteroatoms. The van der Waals surface area contributed by atoms with Crippen LogP contribution in [0.1, 0.15) is 37.0 Å². The first-order valence-corrected chi connectivity index (χ1v) is 9.76. The van der Waals surface area contributed by atoms with E-state index in [2.05, 4.69) is 29.5 Å². The zero-order chi connectivity index (χ0) is 17.3.